The number of halogens is 1. The van der Waals surface area contributed by atoms with Crippen LogP contribution in [0.2, 0.25) is 0 Å². The molecule has 4 rings (SSSR count). The highest BCUT2D eigenvalue weighted by atomic mass is 19.1. The van der Waals surface area contributed by atoms with Crippen molar-refractivity contribution < 1.29 is 4.39 Å². The normalized spacial score (nSPS) is 17.1. The minimum Gasteiger partial charge on any atom is -0.289 e. The lowest BCUT2D eigenvalue weighted by Crippen LogP contribution is -2.31. The fourth-order valence-electron chi connectivity index (χ4n) is 3.84. The standard InChI is InChI=1S/C27H26FN/c28-26-17-13-24(14-18-26)21-23-11-15-25(16-12-23)27-10-4-5-19-29(27)20-6-9-22-7-2-1-3-8-22/h1-9,11-18,27H,10,19-21H2/b9-6+. The number of hydrogen-bond donors (Lipinski definition) is 0. The van der Waals surface area contributed by atoms with E-state index in [1.165, 1.54) is 28.8 Å². The van der Waals surface area contributed by atoms with Crippen LogP contribution in [0.25, 0.3) is 6.08 Å². The Morgan fingerprint density at radius 2 is 1.52 bits per heavy atom. The van der Waals surface area contributed by atoms with Gasteiger partial charge in [-0.1, -0.05) is 91.0 Å². The Hall–Kier alpha value is -2.97. The highest BCUT2D eigenvalue weighted by Gasteiger charge is 2.20. The van der Waals surface area contributed by atoms with Gasteiger partial charge in [0.1, 0.15) is 5.82 Å². The van der Waals surface area contributed by atoms with Crippen LogP contribution in [0.3, 0.4) is 0 Å². The third kappa shape index (κ3) is 5.30. The summed E-state index contributed by atoms with van der Waals surface area (Å²) in [6.45, 7) is 1.91. The highest BCUT2D eigenvalue weighted by Crippen LogP contribution is 2.28. The lowest BCUT2D eigenvalue weighted by atomic mass is 9.96. The zero-order chi connectivity index (χ0) is 19.9. The molecular formula is C27H26FN. The lowest BCUT2D eigenvalue weighted by Gasteiger charge is -2.32. The average molecular weight is 384 g/mol. The Morgan fingerprint density at radius 3 is 2.24 bits per heavy atom. The topological polar surface area (TPSA) is 3.24 Å². The monoisotopic (exact) mass is 383 g/mol. The van der Waals surface area contributed by atoms with E-state index in [9.17, 15) is 4.39 Å². The Kier molecular flexibility index (Phi) is 6.33. The Morgan fingerprint density at radius 1 is 0.828 bits per heavy atom. The van der Waals surface area contributed by atoms with Crippen molar-refractivity contribution in [1.29, 1.82) is 0 Å². The van der Waals surface area contributed by atoms with Gasteiger partial charge >= 0.3 is 0 Å². The number of hydrogen-bond acceptors (Lipinski definition) is 1. The largest absolute Gasteiger partial charge is 0.289 e. The molecule has 0 saturated heterocycles. The molecule has 29 heavy (non-hydrogen) atoms. The molecule has 0 aliphatic carbocycles. The van der Waals surface area contributed by atoms with Crippen LogP contribution in [0.4, 0.5) is 4.39 Å². The predicted octanol–water partition coefficient (Wildman–Crippen LogP) is 6.43. The van der Waals surface area contributed by atoms with Crippen LogP contribution in [-0.4, -0.2) is 18.0 Å². The van der Waals surface area contributed by atoms with Crippen molar-refractivity contribution in [2.45, 2.75) is 18.9 Å². The summed E-state index contributed by atoms with van der Waals surface area (Å²) in [4.78, 5) is 2.51. The molecule has 1 nitrogen and oxygen atoms in total. The first kappa shape index (κ1) is 19.4. The molecule has 0 spiro atoms. The second-order valence-electron chi connectivity index (χ2n) is 7.53. The summed E-state index contributed by atoms with van der Waals surface area (Å²) in [5.41, 5.74) is 4.97. The van der Waals surface area contributed by atoms with Gasteiger partial charge in [0.15, 0.2) is 0 Å². The predicted molar refractivity (Wildman–Crippen MR) is 119 cm³/mol. The van der Waals surface area contributed by atoms with Crippen molar-refractivity contribution in [2.75, 3.05) is 13.1 Å². The summed E-state index contributed by atoms with van der Waals surface area (Å²) in [7, 11) is 0. The molecule has 0 saturated carbocycles. The van der Waals surface area contributed by atoms with Gasteiger partial charge < -0.3 is 0 Å². The van der Waals surface area contributed by atoms with Crippen LogP contribution in [0.15, 0.2) is 97.1 Å². The molecule has 1 aliphatic heterocycles. The first-order chi connectivity index (χ1) is 14.3. The van der Waals surface area contributed by atoms with Gasteiger partial charge in [-0.25, -0.2) is 4.39 Å². The molecule has 0 N–H and O–H groups in total. The summed E-state index contributed by atoms with van der Waals surface area (Å²) < 4.78 is 13.1. The van der Waals surface area contributed by atoms with Gasteiger partial charge in [-0.3, -0.25) is 4.90 Å². The van der Waals surface area contributed by atoms with Crippen molar-refractivity contribution >= 4 is 6.08 Å². The maximum absolute atomic E-state index is 13.1. The lowest BCUT2D eigenvalue weighted by molar-refractivity contribution is 0.234. The van der Waals surface area contributed by atoms with E-state index in [4.69, 9.17) is 0 Å². The van der Waals surface area contributed by atoms with Crippen molar-refractivity contribution in [3.63, 3.8) is 0 Å². The third-order valence-electron chi connectivity index (χ3n) is 5.44. The first-order valence-corrected chi connectivity index (χ1v) is 10.2. The highest BCUT2D eigenvalue weighted by molar-refractivity contribution is 5.48. The van der Waals surface area contributed by atoms with E-state index in [2.05, 4.69) is 77.7 Å². The van der Waals surface area contributed by atoms with E-state index in [0.717, 1.165) is 31.5 Å². The van der Waals surface area contributed by atoms with Crippen molar-refractivity contribution in [3.05, 3.63) is 125 Å². The Bertz CT molecular complexity index is 956. The summed E-state index contributed by atoms with van der Waals surface area (Å²) >= 11 is 0. The summed E-state index contributed by atoms with van der Waals surface area (Å²) in [5, 5.41) is 0. The molecule has 2 heteroatoms. The van der Waals surface area contributed by atoms with Gasteiger partial charge in [0.25, 0.3) is 0 Å². The van der Waals surface area contributed by atoms with Crippen LogP contribution >= 0.6 is 0 Å². The summed E-state index contributed by atoms with van der Waals surface area (Å²) in [6, 6.07) is 26.5. The molecule has 1 atom stereocenters. The number of rotatable bonds is 6. The average Bonchev–Trinajstić information content (AvgIpc) is 2.77. The molecule has 1 heterocycles. The second kappa shape index (κ2) is 9.49. The van der Waals surface area contributed by atoms with Crippen LogP contribution in [0.5, 0.6) is 0 Å². The molecule has 0 amide bonds. The van der Waals surface area contributed by atoms with E-state index in [1.807, 2.05) is 18.2 Å². The molecule has 0 radical (unpaired) electrons. The fourth-order valence-corrected chi connectivity index (χ4v) is 3.84. The number of nitrogens with zero attached hydrogens (tertiary/aromatic N) is 1. The molecular weight excluding hydrogens is 357 g/mol. The van der Waals surface area contributed by atoms with Gasteiger partial charge in [0, 0.05) is 19.1 Å². The molecule has 1 aliphatic rings. The van der Waals surface area contributed by atoms with Crippen molar-refractivity contribution in [3.8, 4) is 0 Å². The molecule has 146 valence electrons. The Balaban J connectivity index is 1.42. The molecule has 0 bridgehead atoms. The summed E-state index contributed by atoms with van der Waals surface area (Å²) in [6.07, 6.45) is 10.9. The van der Waals surface area contributed by atoms with Crippen molar-refractivity contribution in [2.24, 2.45) is 0 Å². The number of benzene rings is 3. The van der Waals surface area contributed by atoms with Crippen LogP contribution in [-0.2, 0) is 6.42 Å². The maximum Gasteiger partial charge on any atom is 0.123 e. The SMILES string of the molecule is Fc1ccc(Cc2ccc(C3CC=CCN3C/C=C/c3ccccc3)cc2)cc1. The zero-order valence-corrected chi connectivity index (χ0v) is 16.5. The second-order valence-corrected chi connectivity index (χ2v) is 7.53. The van der Waals surface area contributed by atoms with Crippen molar-refractivity contribution in [1.82, 2.24) is 4.90 Å². The van der Waals surface area contributed by atoms with E-state index in [1.54, 1.807) is 0 Å². The van der Waals surface area contributed by atoms with Crippen LogP contribution < -0.4 is 0 Å². The first-order valence-electron chi connectivity index (χ1n) is 10.2. The van der Waals surface area contributed by atoms with Gasteiger partial charge in [-0.05, 0) is 47.2 Å². The minimum absolute atomic E-state index is 0.184. The van der Waals surface area contributed by atoms with Crippen LogP contribution in [0, 0.1) is 5.82 Å². The molecule has 0 aromatic heterocycles. The molecule has 0 fully saturated rings. The summed E-state index contributed by atoms with van der Waals surface area (Å²) in [5.74, 6) is -0.184. The minimum atomic E-state index is -0.184. The zero-order valence-electron chi connectivity index (χ0n) is 16.5. The van der Waals surface area contributed by atoms with E-state index < -0.39 is 0 Å². The van der Waals surface area contributed by atoms with Gasteiger partial charge in [0.2, 0.25) is 0 Å². The van der Waals surface area contributed by atoms with Crippen LogP contribution in [0.1, 0.15) is 34.7 Å². The molecule has 3 aromatic carbocycles. The Labute approximate surface area is 172 Å². The van der Waals surface area contributed by atoms with Gasteiger partial charge in [-0.2, -0.15) is 0 Å². The molecule has 1 unspecified atom stereocenters. The molecule has 3 aromatic rings. The van der Waals surface area contributed by atoms with Gasteiger partial charge in [-0.15, -0.1) is 0 Å². The van der Waals surface area contributed by atoms with Gasteiger partial charge in [0.05, 0.1) is 0 Å². The third-order valence-corrected chi connectivity index (χ3v) is 5.44. The van der Waals surface area contributed by atoms with E-state index >= 15 is 0 Å². The van der Waals surface area contributed by atoms with E-state index in [-0.39, 0.29) is 5.82 Å². The smallest absolute Gasteiger partial charge is 0.123 e. The maximum atomic E-state index is 13.1. The quantitative estimate of drug-likeness (QED) is 0.443. The fraction of sp³-hybridized carbons (Fsp3) is 0.185. The van der Waals surface area contributed by atoms with E-state index in [0.29, 0.717) is 6.04 Å².